The van der Waals surface area contributed by atoms with Gasteiger partial charge in [-0.3, -0.25) is 4.90 Å². The molecule has 0 spiro atoms. The van der Waals surface area contributed by atoms with Crippen LogP contribution in [0.1, 0.15) is 39.0 Å². The third-order valence-corrected chi connectivity index (χ3v) is 7.07. The molecule has 1 heterocycles. The van der Waals surface area contributed by atoms with Gasteiger partial charge >= 0.3 is 0 Å². The Bertz CT molecular complexity index is 367. The summed E-state index contributed by atoms with van der Waals surface area (Å²) in [5.41, 5.74) is 5.59. The molecular weight excluding hydrogens is 262 g/mol. The molecule has 2 fully saturated rings. The highest BCUT2D eigenvalue weighted by Crippen LogP contribution is 2.25. The van der Waals surface area contributed by atoms with Crippen LogP contribution in [0.3, 0.4) is 0 Å². The topological polar surface area (TPSA) is 66.6 Å². The van der Waals surface area contributed by atoms with Crippen LogP contribution in [-0.4, -0.2) is 61.6 Å². The van der Waals surface area contributed by atoms with Crippen molar-refractivity contribution in [3.05, 3.63) is 0 Å². The van der Waals surface area contributed by atoms with Gasteiger partial charge in [-0.15, -0.1) is 0 Å². The predicted octanol–water partition coefficient (Wildman–Crippen LogP) is 0.614. The van der Waals surface area contributed by atoms with E-state index in [1.807, 2.05) is 6.92 Å². The van der Waals surface area contributed by atoms with Crippen LogP contribution in [0.4, 0.5) is 0 Å². The number of hydrogen-bond donors (Lipinski definition) is 1. The largest absolute Gasteiger partial charge is 0.329 e. The molecule has 1 saturated heterocycles. The second-order valence-corrected chi connectivity index (χ2v) is 7.90. The van der Waals surface area contributed by atoms with E-state index in [-0.39, 0.29) is 6.54 Å². The van der Waals surface area contributed by atoms with Gasteiger partial charge in [-0.2, -0.15) is 4.31 Å². The van der Waals surface area contributed by atoms with E-state index in [1.54, 1.807) is 4.31 Å². The van der Waals surface area contributed by atoms with E-state index >= 15 is 0 Å². The van der Waals surface area contributed by atoms with Crippen LogP contribution in [0.2, 0.25) is 0 Å². The third kappa shape index (κ3) is 3.29. The minimum Gasteiger partial charge on any atom is -0.329 e. The van der Waals surface area contributed by atoms with Crippen LogP contribution in [0.15, 0.2) is 0 Å². The van der Waals surface area contributed by atoms with Crippen molar-refractivity contribution in [2.45, 2.75) is 50.3 Å². The van der Waals surface area contributed by atoms with Crippen molar-refractivity contribution in [2.75, 3.05) is 32.7 Å². The lowest BCUT2D eigenvalue weighted by Crippen LogP contribution is -2.53. The van der Waals surface area contributed by atoms with Crippen molar-refractivity contribution in [1.29, 1.82) is 0 Å². The second kappa shape index (κ2) is 6.52. The lowest BCUT2D eigenvalue weighted by atomic mass is 10.2. The Morgan fingerprint density at radius 1 is 1.16 bits per heavy atom. The Morgan fingerprint density at radius 2 is 1.74 bits per heavy atom. The summed E-state index contributed by atoms with van der Waals surface area (Å²) in [6, 6.07) is 0.696. The van der Waals surface area contributed by atoms with Crippen molar-refractivity contribution in [3.8, 4) is 0 Å². The smallest absolute Gasteiger partial charge is 0.218 e. The molecule has 1 aliphatic carbocycles. The Hall–Kier alpha value is -0.170. The average Bonchev–Trinajstić information content (AvgIpc) is 2.94. The summed E-state index contributed by atoms with van der Waals surface area (Å²) in [6.45, 7) is 5.14. The molecule has 0 aromatic rings. The highest BCUT2D eigenvalue weighted by Gasteiger charge is 2.34. The van der Waals surface area contributed by atoms with Gasteiger partial charge in [0.15, 0.2) is 0 Å². The molecule has 2 rings (SSSR count). The number of rotatable bonds is 5. The van der Waals surface area contributed by atoms with Crippen molar-refractivity contribution in [2.24, 2.45) is 5.73 Å². The maximum absolute atomic E-state index is 12.4. The summed E-state index contributed by atoms with van der Waals surface area (Å²) < 4.78 is 26.5. The highest BCUT2D eigenvalue weighted by atomic mass is 32.2. The van der Waals surface area contributed by atoms with Gasteiger partial charge in [0.05, 0.1) is 5.25 Å². The summed E-state index contributed by atoms with van der Waals surface area (Å²) in [6.07, 6.45) is 5.82. The molecule has 2 N–H and O–H groups in total. The van der Waals surface area contributed by atoms with Crippen molar-refractivity contribution < 1.29 is 8.42 Å². The molecule has 1 aliphatic heterocycles. The molecule has 6 heteroatoms. The van der Waals surface area contributed by atoms with Gasteiger partial charge in [0.1, 0.15) is 0 Å². The average molecular weight is 289 g/mol. The molecule has 112 valence electrons. The van der Waals surface area contributed by atoms with Gasteiger partial charge in [0.2, 0.25) is 10.0 Å². The summed E-state index contributed by atoms with van der Waals surface area (Å²) in [4.78, 5) is 2.47. The van der Waals surface area contributed by atoms with E-state index in [0.29, 0.717) is 25.6 Å². The van der Waals surface area contributed by atoms with Gasteiger partial charge in [0, 0.05) is 38.8 Å². The molecule has 19 heavy (non-hydrogen) atoms. The summed E-state index contributed by atoms with van der Waals surface area (Å²) in [5.74, 6) is 0. The molecule has 0 aromatic heterocycles. The normalized spacial score (nSPS) is 25.8. The zero-order valence-electron chi connectivity index (χ0n) is 11.9. The van der Waals surface area contributed by atoms with Crippen LogP contribution < -0.4 is 5.73 Å². The number of sulfonamides is 1. The lowest BCUT2D eigenvalue weighted by Gasteiger charge is -2.38. The van der Waals surface area contributed by atoms with Gasteiger partial charge in [-0.25, -0.2) is 8.42 Å². The van der Waals surface area contributed by atoms with E-state index in [9.17, 15) is 8.42 Å². The fourth-order valence-corrected chi connectivity index (χ4v) is 5.06. The first-order valence-corrected chi connectivity index (χ1v) is 9.03. The third-order valence-electron chi connectivity index (χ3n) is 4.61. The van der Waals surface area contributed by atoms with Crippen LogP contribution in [0.5, 0.6) is 0 Å². The number of nitrogens with zero attached hydrogens (tertiary/aromatic N) is 2. The molecule has 1 saturated carbocycles. The monoisotopic (exact) mass is 289 g/mol. The Kier molecular flexibility index (Phi) is 5.22. The zero-order chi connectivity index (χ0) is 13.9. The molecule has 0 bridgehead atoms. The van der Waals surface area contributed by atoms with Crippen LogP contribution in [0, 0.1) is 0 Å². The molecule has 5 nitrogen and oxygen atoms in total. The first kappa shape index (κ1) is 15.2. The fourth-order valence-electron chi connectivity index (χ4n) is 3.30. The van der Waals surface area contributed by atoms with Gasteiger partial charge in [-0.1, -0.05) is 19.8 Å². The maximum Gasteiger partial charge on any atom is 0.218 e. The number of hydrogen-bond acceptors (Lipinski definition) is 4. The lowest BCUT2D eigenvalue weighted by molar-refractivity contribution is 0.138. The van der Waals surface area contributed by atoms with Gasteiger partial charge < -0.3 is 5.73 Å². The Balaban J connectivity index is 1.91. The Morgan fingerprint density at radius 3 is 2.21 bits per heavy atom. The van der Waals surface area contributed by atoms with E-state index in [0.717, 1.165) is 13.1 Å². The first-order chi connectivity index (χ1) is 9.09. The van der Waals surface area contributed by atoms with E-state index in [2.05, 4.69) is 4.90 Å². The minimum absolute atomic E-state index is 0.224. The second-order valence-electron chi connectivity index (χ2n) is 5.68. The highest BCUT2D eigenvalue weighted by molar-refractivity contribution is 7.89. The molecule has 0 radical (unpaired) electrons. The summed E-state index contributed by atoms with van der Waals surface area (Å²) in [7, 11) is -3.19. The van der Waals surface area contributed by atoms with Crippen LogP contribution in [0.25, 0.3) is 0 Å². The van der Waals surface area contributed by atoms with Crippen molar-refractivity contribution in [1.82, 2.24) is 9.21 Å². The number of nitrogens with two attached hydrogens (primary N) is 1. The molecule has 2 aliphatic rings. The molecule has 1 atom stereocenters. The van der Waals surface area contributed by atoms with Gasteiger partial charge in [-0.05, 0) is 19.3 Å². The first-order valence-electron chi connectivity index (χ1n) is 7.52. The quantitative estimate of drug-likeness (QED) is 0.805. The molecule has 0 amide bonds. The minimum atomic E-state index is -3.19. The SMILES string of the molecule is CCC(CN)S(=O)(=O)N1CCN(C2CCCC2)CC1. The van der Waals surface area contributed by atoms with E-state index in [1.165, 1.54) is 25.7 Å². The Labute approximate surface area is 117 Å². The van der Waals surface area contributed by atoms with E-state index < -0.39 is 15.3 Å². The van der Waals surface area contributed by atoms with Crippen molar-refractivity contribution >= 4 is 10.0 Å². The fraction of sp³-hybridized carbons (Fsp3) is 1.00. The zero-order valence-corrected chi connectivity index (χ0v) is 12.7. The van der Waals surface area contributed by atoms with Gasteiger partial charge in [0.25, 0.3) is 0 Å². The molecule has 0 aromatic carbocycles. The maximum atomic E-state index is 12.4. The van der Waals surface area contributed by atoms with Crippen LogP contribution in [-0.2, 0) is 10.0 Å². The van der Waals surface area contributed by atoms with Crippen molar-refractivity contribution in [3.63, 3.8) is 0 Å². The standard InChI is InChI=1S/C13H27N3O2S/c1-2-13(11-14)19(17,18)16-9-7-15(8-10-16)12-5-3-4-6-12/h12-13H,2-11,14H2,1H3. The molecular formula is C13H27N3O2S. The molecule has 1 unspecified atom stereocenters. The van der Waals surface area contributed by atoms with Crippen LogP contribution >= 0.6 is 0 Å². The predicted molar refractivity (Wildman–Crippen MR) is 77.5 cm³/mol. The summed E-state index contributed by atoms with van der Waals surface area (Å²) >= 11 is 0. The summed E-state index contributed by atoms with van der Waals surface area (Å²) in [5, 5.41) is -0.412. The van der Waals surface area contributed by atoms with E-state index in [4.69, 9.17) is 5.73 Å². The number of piperazine rings is 1.